The predicted octanol–water partition coefficient (Wildman–Crippen LogP) is 4.78. The van der Waals surface area contributed by atoms with Crippen LogP contribution in [0, 0.1) is 0 Å². The minimum atomic E-state index is 0.970. The lowest BCUT2D eigenvalue weighted by atomic mass is 10.4. The lowest BCUT2D eigenvalue weighted by molar-refractivity contribution is 0.290. The maximum absolute atomic E-state index is 4.42. The van der Waals surface area contributed by atoms with Gasteiger partial charge in [-0.3, -0.25) is 4.90 Å². The molecule has 1 aromatic heterocycles. The minimum absolute atomic E-state index is 0.970. The van der Waals surface area contributed by atoms with Crippen molar-refractivity contribution in [3.63, 3.8) is 0 Å². The Kier molecular flexibility index (Phi) is 20.7. The molecule has 0 saturated carbocycles. The third kappa shape index (κ3) is 12.4. The van der Waals surface area contributed by atoms with Crippen LogP contribution in [0.25, 0.3) is 0 Å². The van der Waals surface area contributed by atoms with E-state index < -0.39 is 0 Å². The SMILES string of the molecule is CC.CC.CCSCCN(CCSCC)Cc1nccn1C. The molecule has 0 fully saturated rings. The molecule has 1 heterocycles. The van der Waals surface area contributed by atoms with Crippen molar-refractivity contribution in [2.24, 2.45) is 7.05 Å². The van der Waals surface area contributed by atoms with Crippen LogP contribution >= 0.6 is 23.5 Å². The molecule has 5 heteroatoms. The first-order valence-electron chi connectivity index (χ1n) is 8.62. The van der Waals surface area contributed by atoms with E-state index in [2.05, 4.69) is 35.3 Å². The summed E-state index contributed by atoms with van der Waals surface area (Å²) in [6.45, 7) is 15.7. The number of hydrogen-bond donors (Lipinski definition) is 0. The molecule has 1 rings (SSSR count). The molecule has 0 N–H and O–H groups in total. The summed E-state index contributed by atoms with van der Waals surface area (Å²) in [5.74, 6) is 6.02. The molecular formula is C17H37N3S2. The zero-order valence-electron chi connectivity index (χ0n) is 15.8. The highest BCUT2D eigenvalue weighted by Crippen LogP contribution is 2.07. The largest absolute Gasteiger partial charge is 0.337 e. The fraction of sp³-hybridized carbons (Fsp3) is 0.824. The predicted molar refractivity (Wildman–Crippen MR) is 107 cm³/mol. The van der Waals surface area contributed by atoms with Crippen LogP contribution in [0.1, 0.15) is 47.4 Å². The summed E-state index contributed by atoms with van der Waals surface area (Å²) in [5, 5.41) is 0. The van der Waals surface area contributed by atoms with Crippen LogP contribution in [0.5, 0.6) is 0 Å². The first-order valence-corrected chi connectivity index (χ1v) is 10.9. The molecule has 22 heavy (non-hydrogen) atoms. The molecule has 1 aromatic rings. The van der Waals surface area contributed by atoms with Gasteiger partial charge >= 0.3 is 0 Å². The third-order valence-electron chi connectivity index (χ3n) is 2.80. The first-order chi connectivity index (χ1) is 10.8. The van der Waals surface area contributed by atoms with E-state index in [4.69, 9.17) is 0 Å². The van der Waals surface area contributed by atoms with E-state index in [1.54, 1.807) is 0 Å². The van der Waals surface area contributed by atoms with Gasteiger partial charge in [-0.25, -0.2) is 4.98 Å². The molecule has 0 aliphatic heterocycles. The Bertz CT molecular complexity index is 307. The second kappa shape index (κ2) is 18.9. The smallest absolute Gasteiger partial charge is 0.122 e. The van der Waals surface area contributed by atoms with Crippen molar-refractivity contribution in [3.05, 3.63) is 18.2 Å². The Hall–Kier alpha value is -0.130. The molecular weight excluding hydrogens is 310 g/mol. The summed E-state index contributed by atoms with van der Waals surface area (Å²) in [6, 6.07) is 0. The zero-order valence-corrected chi connectivity index (χ0v) is 17.4. The molecule has 0 amide bonds. The van der Waals surface area contributed by atoms with Gasteiger partial charge in [0.1, 0.15) is 5.82 Å². The lowest BCUT2D eigenvalue weighted by Gasteiger charge is -2.21. The molecule has 0 aliphatic rings. The summed E-state index contributed by atoms with van der Waals surface area (Å²) in [6.07, 6.45) is 3.91. The van der Waals surface area contributed by atoms with Gasteiger partial charge in [0.2, 0.25) is 0 Å². The van der Waals surface area contributed by atoms with Crippen molar-refractivity contribution in [2.45, 2.75) is 48.1 Å². The Balaban J connectivity index is 0. The zero-order chi connectivity index (χ0) is 17.2. The van der Waals surface area contributed by atoms with Crippen LogP contribution < -0.4 is 0 Å². The molecule has 0 aromatic carbocycles. The fourth-order valence-corrected chi connectivity index (χ4v) is 3.05. The molecule has 0 aliphatic carbocycles. The van der Waals surface area contributed by atoms with Gasteiger partial charge in [-0.05, 0) is 11.5 Å². The highest BCUT2D eigenvalue weighted by Gasteiger charge is 2.08. The summed E-state index contributed by atoms with van der Waals surface area (Å²) < 4.78 is 2.12. The number of hydrogen-bond acceptors (Lipinski definition) is 4. The lowest BCUT2D eigenvalue weighted by Crippen LogP contribution is -2.29. The van der Waals surface area contributed by atoms with E-state index in [9.17, 15) is 0 Å². The number of aryl methyl sites for hydroxylation is 1. The van der Waals surface area contributed by atoms with Gasteiger partial charge in [0.15, 0.2) is 0 Å². The standard InChI is InChI=1S/C13H25N3S2.2C2H6/c1-4-17-10-8-16(9-11-18-5-2)12-13-14-6-7-15(13)3;2*1-2/h6-7H,4-5,8-12H2,1-3H3;2*1-2H3. The summed E-state index contributed by atoms with van der Waals surface area (Å²) in [4.78, 5) is 6.94. The Morgan fingerprint density at radius 2 is 1.50 bits per heavy atom. The number of rotatable bonds is 10. The molecule has 3 nitrogen and oxygen atoms in total. The van der Waals surface area contributed by atoms with Crippen molar-refractivity contribution < 1.29 is 0 Å². The normalized spacial score (nSPS) is 9.82. The van der Waals surface area contributed by atoms with E-state index in [-0.39, 0.29) is 0 Å². The van der Waals surface area contributed by atoms with Gasteiger partial charge in [-0.15, -0.1) is 0 Å². The summed E-state index contributed by atoms with van der Waals surface area (Å²) in [5.41, 5.74) is 0. The Morgan fingerprint density at radius 1 is 1.00 bits per heavy atom. The van der Waals surface area contributed by atoms with Gasteiger partial charge in [0.25, 0.3) is 0 Å². The van der Waals surface area contributed by atoms with Crippen LogP contribution in [0.4, 0.5) is 0 Å². The van der Waals surface area contributed by atoms with Gasteiger partial charge in [-0.1, -0.05) is 41.5 Å². The van der Waals surface area contributed by atoms with Gasteiger partial charge < -0.3 is 4.57 Å². The number of aromatic nitrogens is 2. The van der Waals surface area contributed by atoms with Crippen molar-refractivity contribution >= 4 is 23.5 Å². The third-order valence-corrected chi connectivity index (χ3v) is 4.56. The van der Waals surface area contributed by atoms with Crippen LogP contribution in [0.3, 0.4) is 0 Å². The average molecular weight is 348 g/mol. The van der Waals surface area contributed by atoms with Crippen molar-refractivity contribution in [1.29, 1.82) is 0 Å². The fourth-order valence-electron chi connectivity index (χ4n) is 1.69. The molecule has 0 spiro atoms. The Morgan fingerprint density at radius 3 is 1.86 bits per heavy atom. The quantitative estimate of drug-likeness (QED) is 0.568. The molecule has 0 bridgehead atoms. The van der Waals surface area contributed by atoms with Crippen molar-refractivity contribution in [1.82, 2.24) is 14.5 Å². The van der Waals surface area contributed by atoms with E-state index in [1.165, 1.54) is 23.0 Å². The number of thioether (sulfide) groups is 2. The highest BCUT2D eigenvalue weighted by atomic mass is 32.2. The highest BCUT2D eigenvalue weighted by molar-refractivity contribution is 7.99. The maximum atomic E-state index is 4.42. The second-order valence-electron chi connectivity index (χ2n) is 4.12. The molecule has 132 valence electrons. The topological polar surface area (TPSA) is 21.1 Å². The Labute approximate surface area is 147 Å². The molecule has 0 radical (unpaired) electrons. The van der Waals surface area contributed by atoms with Crippen molar-refractivity contribution in [2.75, 3.05) is 36.1 Å². The molecule has 0 atom stereocenters. The minimum Gasteiger partial charge on any atom is -0.337 e. The molecule has 0 saturated heterocycles. The van der Waals surface area contributed by atoms with Gasteiger partial charge in [0.05, 0.1) is 6.54 Å². The monoisotopic (exact) mass is 347 g/mol. The van der Waals surface area contributed by atoms with E-state index in [0.29, 0.717) is 0 Å². The van der Waals surface area contributed by atoms with Crippen LogP contribution in [-0.4, -0.2) is 50.6 Å². The van der Waals surface area contributed by atoms with Crippen molar-refractivity contribution in [3.8, 4) is 0 Å². The summed E-state index contributed by atoms with van der Waals surface area (Å²) >= 11 is 4.03. The average Bonchev–Trinajstić information content (AvgIpc) is 2.96. The second-order valence-corrected chi connectivity index (χ2v) is 6.91. The van der Waals surface area contributed by atoms with Crippen LogP contribution in [0.2, 0.25) is 0 Å². The number of nitrogens with zero attached hydrogens (tertiary/aromatic N) is 3. The van der Waals surface area contributed by atoms with E-state index >= 15 is 0 Å². The summed E-state index contributed by atoms with van der Waals surface area (Å²) in [7, 11) is 2.07. The first kappa shape index (κ1) is 24.1. The van der Waals surface area contributed by atoms with E-state index in [0.717, 1.165) is 25.5 Å². The van der Waals surface area contributed by atoms with Gasteiger partial charge in [-0.2, -0.15) is 23.5 Å². The maximum Gasteiger partial charge on any atom is 0.122 e. The van der Waals surface area contributed by atoms with Crippen LogP contribution in [-0.2, 0) is 13.6 Å². The van der Waals surface area contributed by atoms with E-state index in [1.807, 2.05) is 63.6 Å². The number of imidazole rings is 1. The van der Waals surface area contributed by atoms with Gasteiger partial charge in [0, 0.05) is 44.0 Å². The van der Waals surface area contributed by atoms with Crippen LogP contribution in [0.15, 0.2) is 12.4 Å². The molecule has 0 unspecified atom stereocenters.